The summed E-state index contributed by atoms with van der Waals surface area (Å²) in [6.45, 7) is 2.99. The topological polar surface area (TPSA) is 83.7 Å². The molecule has 0 saturated carbocycles. The summed E-state index contributed by atoms with van der Waals surface area (Å²) >= 11 is 0. The SMILES string of the molecule is NS(=O)(=O)c1ccc2c(c1)CCN(C(=O)N1CCCCC1)CC2. The first-order chi connectivity index (χ1) is 10.9. The zero-order valence-corrected chi connectivity index (χ0v) is 14.0. The molecule has 1 saturated heterocycles. The van der Waals surface area contributed by atoms with Crippen LogP contribution in [0.25, 0.3) is 0 Å². The second-order valence-corrected chi connectivity index (χ2v) is 7.85. The fourth-order valence-electron chi connectivity index (χ4n) is 3.35. The molecule has 7 heteroatoms. The molecular formula is C16H23N3O3S. The van der Waals surface area contributed by atoms with Crippen LogP contribution in [-0.2, 0) is 22.9 Å². The van der Waals surface area contributed by atoms with Crippen molar-refractivity contribution in [1.29, 1.82) is 0 Å². The van der Waals surface area contributed by atoms with Crippen LogP contribution in [0.2, 0.25) is 0 Å². The van der Waals surface area contributed by atoms with E-state index in [0.29, 0.717) is 19.5 Å². The van der Waals surface area contributed by atoms with E-state index in [0.717, 1.165) is 43.5 Å². The first kappa shape index (κ1) is 16.3. The van der Waals surface area contributed by atoms with E-state index in [1.807, 2.05) is 15.9 Å². The summed E-state index contributed by atoms with van der Waals surface area (Å²) in [7, 11) is -3.68. The molecule has 1 fully saturated rings. The third-order valence-corrected chi connectivity index (χ3v) is 5.62. The lowest BCUT2D eigenvalue weighted by molar-refractivity contribution is 0.145. The Balaban J connectivity index is 1.73. The van der Waals surface area contributed by atoms with Gasteiger partial charge in [-0.3, -0.25) is 0 Å². The van der Waals surface area contributed by atoms with Gasteiger partial charge in [0.1, 0.15) is 0 Å². The Labute approximate surface area is 137 Å². The van der Waals surface area contributed by atoms with Gasteiger partial charge in [-0.15, -0.1) is 0 Å². The Morgan fingerprint density at radius 3 is 2.17 bits per heavy atom. The van der Waals surface area contributed by atoms with Gasteiger partial charge in [0.25, 0.3) is 0 Å². The number of amides is 2. The molecule has 3 rings (SSSR count). The molecule has 2 aliphatic rings. The highest BCUT2D eigenvalue weighted by molar-refractivity contribution is 7.89. The van der Waals surface area contributed by atoms with E-state index in [1.54, 1.807) is 12.1 Å². The van der Waals surface area contributed by atoms with E-state index in [-0.39, 0.29) is 10.9 Å². The van der Waals surface area contributed by atoms with E-state index in [4.69, 9.17) is 5.14 Å². The van der Waals surface area contributed by atoms with E-state index in [1.165, 1.54) is 6.42 Å². The smallest absolute Gasteiger partial charge is 0.320 e. The van der Waals surface area contributed by atoms with Crippen molar-refractivity contribution < 1.29 is 13.2 Å². The summed E-state index contributed by atoms with van der Waals surface area (Å²) < 4.78 is 23.0. The van der Waals surface area contributed by atoms with Crippen LogP contribution >= 0.6 is 0 Å². The van der Waals surface area contributed by atoms with Crippen molar-refractivity contribution in [2.75, 3.05) is 26.2 Å². The third kappa shape index (κ3) is 3.67. The number of nitrogens with zero attached hydrogens (tertiary/aromatic N) is 2. The van der Waals surface area contributed by atoms with Gasteiger partial charge in [-0.25, -0.2) is 18.4 Å². The highest BCUT2D eigenvalue weighted by Crippen LogP contribution is 2.21. The molecule has 0 aliphatic carbocycles. The molecule has 0 atom stereocenters. The van der Waals surface area contributed by atoms with Gasteiger partial charge in [0.2, 0.25) is 10.0 Å². The quantitative estimate of drug-likeness (QED) is 0.839. The van der Waals surface area contributed by atoms with Crippen LogP contribution in [0, 0.1) is 0 Å². The number of likely N-dealkylation sites (tertiary alicyclic amines) is 1. The van der Waals surface area contributed by atoms with E-state index < -0.39 is 10.0 Å². The summed E-state index contributed by atoms with van der Waals surface area (Å²) in [4.78, 5) is 16.6. The molecule has 0 bridgehead atoms. The lowest BCUT2D eigenvalue weighted by atomic mass is 10.0. The number of sulfonamides is 1. The number of benzene rings is 1. The molecule has 1 aromatic carbocycles. The van der Waals surface area contributed by atoms with Crippen LogP contribution < -0.4 is 5.14 Å². The van der Waals surface area contributed by atoms with Gasteiger partial charge >= 0.3 is 6.03 Å². The maximum atomic E-state index is 12.6. The van der Waals surface area contributed by atoms with Gasteiger partial charge in [0.05, 0.1) is 4.90 Å². The highest BCUT2D eigenvalue weighted by atomic mass is 32.2. The zero-order valence-electron chi connectivity index (χ0n) is 13.2. The van der Waals surface area contributed by atoms with Crippen LogP contribution in [-0.4, -0.2) is 50.4 Å². The fraction of sp³-hybridized carbons (Fsp3) is 0.562. The van der Waals surface area contributed by atoms with E-state index in [2.05, 4.69) is 0 Å². The van der Waals surface area contributed by atoms with Gasteiger partial charge < -0.3 is 9.80 Å². The summed E-state index contributed by atoms with van der Waals surface area (Å²) in [5, 5.41) is 5.20. The van der Waals surface area contributed by atoms with Crippen LogP contribution in [0.5, 0.6) is 0 Å². The molecule has 0 radical (unpaired) electrons. The van der Waals surface area contributed by atoms with Gasteiger partial charge in [-0.1, -0.05) is 6.07 Å². The number of piperidine rings is 1. The van der Waals surface area contributed by atoms with Crippen molar-refractivity contribution in [3.05, 3.63) is 29.3 Å². The van der Waals surface area contributed by atoms with Crippen LogP contribution in [0.1, 0.15) is 30.4 Å². The second kappa shape index (κ2) is 6.49. The molecule has 0 spiro atoms. The Kier molecular flexibility index (Phi) is 4.59. The second-order valence-electron chi connectivity index (χ2n) is 6.29. The van der Waals surface area contributed by atoms with Gasteiger partial charge in [-0.05, 0) is 55.4 Å². The Morgan fingerprint density at radius 1 is 0.913 bits per heavy atom. The molecule has 2 amide bonds. The maximum Gasteiger partial charge on any atom is 0.320 e. The predicted molar refractivity (Wildman–Crippen MR) is 87.6 cm³/mol. The number of rotatable bonds is 1. The van der Waals surface area contributed by atoms with Gasteiger partial charge in [0.15, 0.2) is 0 Å². The standard InChI is InChI=1S/C16H23N3O3S/c17-23(21,22)15-5-4-13-6-10-19(11-7-14(13)12-15)16(20)18-8-2-1-3-9-18/h4-5,12H,1-3,6-11H2,(H2,17,21,22). The number of carbonyl (C=O) groups excluding carboxylic acids is 1. The average Bonchev–Trinajstić information content (AvgIpc) is 2.76. The van der Waals surface area contributed by atoms with Crippen molar-refractivity contribution in [3.8, 4) is 0 Å². The van der Waals surface area contributed by atoms with Crippen LogP contribution in [0.15, 0.2) is 23.1 Å². The lowest BCUT2D eigenvalue weighted by Gasteiger charge is -2.32. The van der Waals surface area contributed by atoms with E-state index in [9.17, 15) is 13.2 Å². The molecular weight excluding hydrogens is 314 g/mol. The summed E-state index contributed by atoms with van der Waals surface area (Å²) in [6, 6.07) is 5.14. The number of primary sulfonamides is 1. The van der Waals surface area contributed by atoms with Crippen molar-refractivity contribution in [3.63, 3.8) is 0 Å². The van der Waals surface area contributed by atoms with Crippen molar-refractivity contribution >= 4 is 16.1 Å². The Hall–Kier alpha value is -1.60. The molecule has 23 heavy (non-hydrogen) atoms. The number of carbonyl (C=O) groups is 1. The lowest BCUT2D eigenvalue weighted by Crippen LogP contribution is -2.46. The first-order valence-electron chi connectivity index (χ1n) is 8.13. The van der Waals surface area contributed by atoms with Gasteiger partial charge in [0, 0.05) is 26.2 Å². The van der Waals surface area contributed by atoms with Crippen molar-refractivity contribution in [2.45, 2.75) is 37.0 Å². The molecule has 0 aromatic heterocycles. The van der Waals surface area contributed by atoms with Gasteiger partial charge in [-0.2, -0.15) is 0 Å². The number of fused-ring (bicyclic) bond motifs is 1. The highest BCUT2D eigenvalue weighted by Gasteiger charge is 2.24. The molecule has 2 N–H and O–H groups in total. The first-order valence-corrected chi connectivity index (χ1v) is 9.68. The monoisotopic (exact) mass is 337 g/mol. The zero-order chi connectivity index (χ0) is 16.4. The minimum absolute atomic E-state index is 0.115. The normalized spacial score (nSPS) is 19.2. The van der Waals surface area contributed by atoms with Crippen molar-refractivity contribution in [1.82, 2.24) is 9.80 Å². The predicted octanol–water partition coefficient (Wildman–Crippen LogP) is 1.34. The molecule has 2 aliphatic heterocycles. The third-order valence-electron chi connectivity index (χ3n) is 4.71. The Bertz CT molecular complexity index is 697. The average molecular weight is 337 g/mol. The number of hydrogen-bond acceptors (Lipinski definition) is 3. The summed E-state index contributed by atoms with van der Waals surface area (Å²) in [6.07, 6.45) is 4.78. The van der Waals surface area contributed by atoms with Crippen LogP contribution in [0.3, 0.4) is 0 Å². The number of urea groups is 1. The molecule has 6 nitrogen and oxygen atoms in total. The molecule has 1 aromatic rings. The molecule has 2 heterocycles. The summed E-state index contributed by atoms with van der Waals surface area (Å²) in [5.74, 6) is 0. The van der Waals surface area contributed by atoms with Crippen molar-refractivity contribution in [2.24, 2.45) is 5.14 Å². The Morgan fingerprint density at radius 2 is 1.52 bits per heavy atom. The van der Waals surface area contributed by atoms with E-state index >= 15 is 0 Å². The summed E-state index contributed by atoms with van der Waals surface area (Å²) in [5.41, 5.74) is 2.08. The van der Waals surface area contributed by atoms with Crippen LogP contribution in [0.4, 0.5) is 4.79 Å². The maximum absolute atomic E-state index is 12.6. The fourth-order valence-corrected chi connectivity index (χ4v) is 3.92. The minimum Gasteiger partial charge on any atom is -0.325 e. The molecule has 0 unspecified atom stereocenters. The largest absolute Gasteiger partial charge is 0.325 e. The number of hydrogen-bond donors (Lipinski definition) is 1. The number of nitrogens with two attached hydrogens (primary N) is 1. The minimum atomic E-state index is -3.68. The molecule has 126 valence electrons.